The van der Waals surface area contributed by atoms with Gasteiger partial charge in [-0.25, -0.2) is 0 Å². The molecule has 0 aliphatic heterocycles. The average Bonchev–Trinajstić information content (AvgIpc) is 2.57. The standard InChI is InChI=1S/C18H28N2O5/c1-2-3-7-12-17(19(22)23)13-8-4-5-9-14-18(20(24)25)15-10-6-11-16-21/h4-5,13-14,16H,2-3,6-12,15H2,1H3. The van der Waals surface area contributed by atoms with Crippen LogP contribution >= 0.6 is 0 Å². The molecule has 0 rings (SSSR count). The number of aldehydes is 1. The minimum Gasteiger partial charge on any atom is -0.303 e. The molecule has 0 aliphatic rings. The van der Waals surface area contributed by atoms with Gasteiger partial charge in [0.15, 0.2) is 0 Å². The van der Waals surface area contributed by atoms with Gasteiger partial charge in [-0.3, -0.25) is 20.2 Å². The van der Waals surface area contributed by atoms with Crippen molar-refractivity contribution in [2.75, 3.05) is 0 Å². The van der Waals surface area contributed by atoms with Crippen LogP contribution in [0.4, 0.5) is 0 Å². The molecule has 25 heavy (non-hydrogen) atoms. The Kier molecular flexibility index (Phi) is 13.8. The molecule has 0 atom stereocenters. The van der Waals surface area contributed by atoms with E-state index in [2.05, 4.69) is 0 Å². The predicted molar refractivity (Wildman–Crippen MR) is 97.2 cm³/mol. The molecular formula is C18H28N2O5. The van der Waals surface area contributed by atoms with Crippen molar-refractivity contribution in [2.45, 2.75) is 71.1 Å². The first-order chi connectivity index (χ1) is 12.0. The first-order valence-corrected chi connectivity index (χ1v) is 8.78. The number of carbonyl (C=O) groups is 1. The Labute approximate surface area is 148 Å². The summed E-state index contributed by atoms with van der Waals surface area (Å²) in [5, 5.41) is 21.9. The van der Waals surface area contributed by atoms with E-state index in [-0.39, 0.29) is 16.3 Å². The molecule has 0 saturated carbocycles. The second kappa shape index (κ2) is 15.2. The fourth-order valence-corrected chi connectivity index (χ4v) is 2.23. The van der Waals surface area contributed by atoms with Gasteiger partial charge in [0.1, 0.15) is 6.29 Å². The van der Waals surface area contributed by atoms with Crippen LogP contribution in [0.25, 0.3) is 0 Å². The molecular weight excluding hydrogens is 324 g/mol. The van der Waals surface area contributed by atoms with E-state index in [1.54, 1.807) is 24.3 Å². The highest BCUT2D eigenvalue weighted by atomic mass is 16.6. The quantitative estimate of drug-likeness (QED) is 0.136. The molecule has 0 heterocycles. The lowest BCUT2D eigenvalue weighted by molar-refractivity contribution is -0.428. The van der Waals surface area contributed by atoms with Crippen LogP contribution in [0.2, 0.25) is 0 Å². The minimum atomic E-state index is -0.396. The first-order valence-electron chi connectivity index (χ1n) is 8.78. The third-order valence-corrected chi connectivity index (χ3v) is 3.66. The molecule has 0 N–H and O–H groups in total. The van der Waals surface area contributed by atoms with Gasteiger partial charge in [-0.1, -0.05) is 31.9 Å². The van der Waals surface area contributed by atoms with Crippen LogP contribution in [0, 0.1) is 20.2 Å². The number of hydrogen-bond acceptors (Lipinski definition) is 5. The maximum absolute atomic E-state index is 10.9. The molecule has 0 amide bonds. The van der Waals surface area contributed by atoms with Crippen LogP contribution in [0.3, 0.4) is 0 Å². The molecule has 7 heteroatoms. The lowest BCUT2D eigenvalue weighted by Crippen LogP contribution is -1.99. The average molecular weight is 352 g/mol. The van der Waals surface area contributed by atoms with Crippen molar-refractivity contribution in [1.29, 1.82) is 0 Å². The third-order valence-electron chi connectivity index (χ3n) is 3.66. The summed E-state index contributed by atoms with van der Waals surface area (Å²) in [5.41, 5.74) is 0.381. The molecule has 0 aromatic heterocycles. The predicted octanol–water partition coefficient (Wildman–Crippen LogP) is 4.98. The zero-order chi connectivity index (χ0) is 18.9. The Morgan fingerprint density at radius 1 is 0.840 bits per heavy atom. The zero-order valence-corrected chi connectivity index (χ0v) is 14.9. The summed E-state index contributed by atoms with van der Waals surface area (Å²) in [6.45, 7) is 2.05. The lowest BCUT2D eigenvalue weighted by atomic mass is 10.1. The smallest absolute Gasteiger partial charge is 0.242 e. The fourth-order valence-electron chi connectivity index (χ4n) is 2.23. The van der Waals surface area contributed by atoms with Crippen molar-refractivity contribution in [3.05, 3.63) is 55.9 Å². The Bertz CT molecular complexity index is 510. The lowest BCUT2D eigenvalue weighted by Gasteiger charge is -1.98. The van der Waals surface area contributed by atoms with Crippen molar-refractivity contribution in [3.63, 3.8) is 0 Å². The van der Waals surface area contributed by atoms with Gasteiger partial charge in [-0.05, 0) is 44.3 Å². The molecule has 0 saturated heterocycles. The Balaban J connectivity index is 4.36. The van der Waals surface area contributed by atoms with Crippen LogP contribution in [0.1, 0.15) is 71.1 Å². The fraction of sp³-hybridized carbons (Fsp3) is 0.611. The highest BCUT2D eigenvalue weighted by Gasteiger charge is 2.09. The van der Waals surface area contributed by atoms with Crippen LogP contribution < -0.4 is 0 Å². The van der Waals surface area contributed by atoms with Gasteiger partial charge in [0.05, 0.1) is 9.85 Å². The maximum Gasteiger partial charge on any atom is 0.242 e. The number of rotatable bonds is 15. The van der Waals surface area contributed by atoms with Gasteiger partial charge in [0.2, 0.25) is 11.4 Å². The van der Waals surface area contributed by atoms with Crippen molar-refractivity contribution < 1.29 is 14.6 Å². The number of unbranched alkanes of at least 4 members (excludes halogenated alkanes) is 4. The highest BCUT2D eigenvalue weighted by Crippen LogP contribution is 2.12. The summed E-state index contributed by atoms with van der Waals surface area (Å²) in [4.78, 5) is 31.3. The van der Waals surface area contributed by atoms with E-state index in [4.69, 9.17) is 0 Å². The second-order valence-corrected chi connectivity index (χ2v) is 5.72. The highest BCUT2D eigenvalue weighted by molar-refractivity contribution is 5.48. The van der Waals surface area contributed by atoms with E-state index in [1.807, 2.05) is 6.92 Å². The Morgan fingerprint density at radius 2 is 1.32 bits per heavy atom. The molecule has 0 radical (unpaired) electrons. The van der Waals surface area contributed by atoms with Gasteiger partial charge in [0, 0.05) is 19.3 Å². The van der Waals surface area contributed by atoms with Gasteiger partial charge in [-0.2, -0.15) is 0 Å². The maximum atomic E-state index is 10.9. The molecule has 0 aromatic rings. The van der Waals surface area contributed by atoms with E-state index in [1.165, 1.54) is 0 Å². The van der Waals surface area contributed by atoms with E-state index in [0.717, 1.165) is 25.5 Å². The third kappa shape index (κ3) is 12.7. The molecule has 0 unspecified atom stereocenters. The van der Waals surface area contributed by atoms with Gasteiger partial charge < -0.3 is 4.79 Å². The summed E-state index contributed by atoms with van der Waals surface area (Å²) in [6.07, 6.45) is 13.7. The molecule has 0 aliphatic carbocycles. The largest absolute Gasteiger partial charge is 0.303 e. The molecule has 7 nitrogen and oxygen atoms in total. The van der Waals surface area contributed by atoms with E-state index >= 15 is 0 Å². The number of nitro groups is 2. The minimum absolute atomic E-state index is 0.150. The summed E-state index contributed by atoms with van der Waals surface area (Å²) < 4.78 is 0. The second-order valence-electron chi connectivity index (χ2n) is 5.72. The van der Waals surface area contributed by atoms with Crippen molar-refractivity contribution in [3.8, 4) is 0 Å². The first kappa shape index (κ1) is 22.7. The molecule has 0 fully saturated rings. The van der Waals surface area contributed by atoms with Crippen molar-refractivity contribution in [2.24, 2.45) is 0 Å². The number of carbonyl (C=O) groups excluding carboxylic acids is 1. The van der Waals surface area contributed by atoms with Crippen LogP contribution in [0.5, 0.6) is 0 Å². The molecule has 0 bridgehead atoms. The number of hydrogen-bond donors (Lipinski definition) is 0. The topological polar surface area (TPSA) is 103 Å². The van der Waals surface area contributed by atoms with Crippen LogP contribution in [-0.2, 0) is 4.79 Å². The number of allylic oxidation sites excluding steroid dienone is 6. The van der Waals surface area contributed by atoms with E-state index < -0.39 is 4.92 Å². The SMILES string of the molecule is CCCCCC(=CCC=CCC=C(CCCCC=O)[N+](=O)[O-])[N+](=O)[O-]. The summed E-state index contributed by atoms with van der Waals surface area (Å²) >= 11 is 0. The van der Waals surface area contributed by atoms with Gasteiger partial charge in [0.25, 0.3) is 0 Å². The monoisotopic (exact) mass is 352 g/mol. The van der Waals surface area contributed by atoms with Crippen molar-refractivity contribution in [1.82, 2.24) is 0 Å². The summed E-state index contributed by atoms with van der Waals surface area (Å²) in [7, 11) is 0. The Morgan fingerprint density at radius 3 is 1.72 bits per heavy atom. The zero-order valence-electron chi connectivity index (χ0n) is 14.9. The van der Waals surface area contributed by atoms with Crippen LogP contribution in [-0.4, -0.2) is 16.1 Å². The molecule has 0 aromatic carbocycles. The Hall–Kier alpha value is -2.31. The normalized spacial score (nSPS) is 12.5. The van der Waals surface area contributed by atoms with Gasteiger partial charge in [-0.15, -0.1) is 0 Å². The number of nitrogens with zero attached hydrogens (tertiary/aromatic N) is 2. The van der Waals surface area contributed by atoms with E-state index in [9.17, 15) is 25.0 Å². The van der Waals surface area contributed by atoms with Gasteiger partial charge >= 0.3 is 0 Å². The summed E-state index contributed by atoms with van der Waals surface area (Å²) in [5.74, 6) is 0. The summed E-state index contributed by atoms with van der Waals surface area (Å²) in [6, 6.07) is 0. The molecule has 140 valence electrons. The van der Waals surface area contributed by atoms with E-state index in [0.29, 0.717) is 44.9 Å². The van der Waals surface area contributed by atoms with Crippen LogP contribution in [0.15, 0.2) is 35.7 Å². The van der Waals surface area contributed by atoms with Crippen molar-refractivity contribution >= 4 is 6.29 Å². The molecule has 0 spiro atoms.